The predicted molar refractivity (Wildman–Crippen MR) is 89.6 cm³/mol. The maximum atomic E-state index is 12.8. The molecule has 0 unspecified atom stereocenters. The zero-order chi connectivity index (χ0) is 16.5. The molecule has 1 aromatic carbocycles. The molecule has 2 amide bonds. The highest BCUT2D eigenvalue weighted by atomic mass is 16.2. The van der Waals surface area contributed by atoms with Crippen molar-refractivity contribution < 1.29 is 9.59 Å². The third kappa shape index (κ3) is 3.02. The van der Waals surface area contributed by atoms with E-state index in [1.165, 1.54) is 23.5 Å². The second-order valence-corrected chi connectivity index (χ2v) is 6.46. The molecule has 1 saturated carbocycles. The van der Waals surface area contributed by atoms with Crippen LogP contribution in [0.5, 0.6) is 0 Å². The summed E-state index contributed by atoms with van der Waals surface area (Å²) in [5.74, 6) is -0.221. The van der Waals surface area contributed by atoms with Crippen LogP contribution in [-0.4, -0.2) is 34.3 Å². The lowest BCUT2D eigenvalue weighted by Gasteiger charge is -2.28. The minimum Gasteiger partial charge on any atom is -0.349 e. The first-order valence-corrected chi connectivity index (χ1v) is 8.33. The normalized spacial score (nSPS) is 16.4. The Morgan fingerprint density at radius 3 is 2.62 bits per heavy atom. The zero-order valence-corrected chi connectivity index (χ0v) is 13.4. The van der Waals surface area contributed by atoms with Crippen molar-refractivity contribution in [1.82, 2.24) is 15.2 Å². The van der Waals surface area contributed by atoms with Gasteiger partial charge in [-0.2, -0.15) is 0 Å². The molecule has 2 heterocycles. The Bertz CT molecular complexity index is 799. The first-order valence-electron chi connectivity index (χ1n) is 8.33. The number of carbonyl (C=O) groups is 2. The van der Waals surface area contributed by atoms with Crippen molar-refractivity contribution in [3.05, 3.63) is 65.0 Å². The van der Waals surface area contributed by atoms with Gasteiger partial charge in [0.1, 0.15) is 0 Å². The van der Waals surface area contributed by atoms with Gasteiger partial charge in [-0.15, -0.1) is 0 Å². The Morgan fingerprint density at radius 2 is 1.83 bits per heavy atom. The summed E-state index contributed by atoms with van der Waals surface area (Å²) >= 11 is 0. The number of hydrogen-bond donors (Lipinski definition) is 1. The summed E-state index contributed by atoms with van der Waals surface area (Å²) in [6.07, 6.45) is 5.98. The molecular weight excluding hydrogens is 302 g/mol. The van der Waals surface area contributed by atoms with Crippen molar-refractivity contribution >= 4 is 11.8 Å². The van der Waals surface area contributed by atoms with Crippen molar-refractivity contribution in [3.8, 4) is 0 Å². The Hall–Kier alpha value is -2.69. The monoisotopic (exact) mass is 321 g/mol. The summed E-state index contributed by atoms with van der Waals surface area (Å²) in [6.45, 7) is 1.29. The van der Waals surface area contributed by atoms with Crippen molar-refractivity contribution in [2.75, 3.05) is 6.54 Å². The summed E-state index contributed by atoms with van der Waals surface area (Å²) < 4.78 is 0. The van der Waals surface area contributed by atoms with E-state index in [1.54, 1.807) is 6.07 Å². The number of hydrogen-bond acceptors (Lipinski definition) is 3. The van der Waals surface area contributed by atoms with Crippen LogP contribution in [0.15, 0.2) is 42.7 Å². The van der Waals surface area contributed by atoms with E-state index in [-0.39, 0.29) is 17.9 Å². The van der Waals surface area contributed by atoms with E-state index in [1.807, 2.05) is 17.0 Å². The smallest absolute Gasteiger partial charge is 0.255 e. The van der Waals surface area contributed by atoms with Gasteiger partial charge in [-0.3, -0.25) is 14.6 Å². The van der Waals surface area contributed by atoms with E-state index >= 15 is 0 Å². The number of fused-ring (bicyclic) bond motifs is 1. The van der Waals surface area contributed by atoms with Gasteiger partial charge in [0, 0.05) is 31.5 Å². The third-order valence-corrected chi connectivity index (χ3v) is 4.58. The van der Waals surface area contributed by atoms with Crippen LogP contribution in [-0.2, 0) is 13.0 Å². The van der Waals surface area contributed by atoms with Gasteiger partial charge >= 0.3 is 0 Å². The maximum absolute atomic E-state index is 12.8. The lowest BCUT2D eigenvalue weighted by molar-refractivity contribution is 0.0734. The lowest BCUT2D eigenvalue weighted by Crippen LogP contribution is -2.36. The molecule has 0 radical (unpaired) electrons. The van der Waals surface area contributed by atoms with Crippen LogP contribution in [0.1, 0.15) is 44.7 Å². The molecule has 0 saturated heterocycles. The standard InChI is InChI=1S/C19H19N3O2/c23-18(21-17-5-6-17)15-9-16(11-20-10-15)19(24)22-8-7-13-3-1-2-4-14(13)12-22/h1-4,9-11,17H,5-8,12H2,(H,21,23). The topological polar surface area (TPSA) is 62.3 Å². The summed E-state index contributed by atoms with van der Waals surface area (Å²) in [7, 11) is 0. The molecule has 122 valence electrons. The molecular formula is C19H19N3O2. The third-order valence-electron chi connectivity index (χ3n) is 4.58. The number of rotatable bonds is 3. The highest BCUT2D eigenvalue weighted by Gasteiger charge is 2.25. The van der Waals surface area contributed by atoms with E-state index in [4.69, 9.17) is 0 Å². The number of nitrogens with one attached hydrogen (secondary N) is 1. The van der Waals surface area contributed by atoms with Gasteiger partial charge in [-0.1, -0.05) is 24.3 Å². The van der Waals surface area contributed by atoms with Crippen molar-refractivity contribution in [2.24, 2.45) is 0 Å². The van der Waals surface area contributed by atoms with Gasteiger partial charge < -0.3 is 10.2 Å². The van der Waals surface area contributed by atoms with Gasteiger partial charge in [0.25, 0.3) is 11.8 Å². The van der Waals surface area contributed by atoms with Crippen LogP contribution < -0.4 is 5.32 Å². The van der Waals surface area contributed by atoms with Crippen LogP contribution in [0.4, 0.5) is 0 Å². The molecule has 2 aromatic rings. The molecule has 24 heavy (non-hydrogen) atoms. The molecule has 0 spiro atoms. The van der Waals surface area contributed by atoms with Gasteiger partial charge in [-0.25, -0.2) is 0 Å². The minimum absolute atomic E-state index is 0.0712. The number of benzene rings is 1. The molecule has 4 rings (SSSR count). The maximum Gasteiger partial charge on any atom is 0.255 e. The first-order chi connectivity index (χ1) is 11.7. The molecule has 5 heteroatoms. The van der Waals surface area contributed by atoms with Crippen molar-refractivity contribution in [1.29, 1.82) is 0 Å². The number of pyridine rings is 1. The number of aromatic nitrogens is 1. The largest absolute Gasteiger partial charge is 0.349 e. The molecule has 1 aliphatic heterocycles. The van der Waals surface area contributed by atoms with E-state index in [2.05, 4.69) is 22.4 Å². The fourth-order valence-electron chi connectivity index (χ4n) is 3.03. The van der Waals surface area contributed by atoms with Crippen LogP contribution in [0.3, 0.4) is 0 Å². The number of carbonyl (C=O) groups excluding carboxylic acids is 2. The second kappa shape index (κ2) is 6.07. The van der Waals surface area contributed by atoms with E-state index in [0.29, 0.717) is 24.2 Å². The molecule has 2 aliphatic rings. The highest BCUT2D eigenvalue weighted by Crippen LogP contribution is 2.21. The van der Waals surface area contributed by atoms with Gasteiger partial charge in [0.2, 0.25) is 0 Å². The Labute approximate surface area is 140 Å². The highest BCUT2D eigenvalue weighted by molar-refractivity contribution is 5.99. The molecule has 1 fully saturated rings. The average molecular weight is 321 g/mol. The van der Waals surface area contributed by atoms with Gasteiger partial charge in [0.15, 0.2) is 0 Å². The summed E-state index contributed by atoms with van der Waals surface area (Å²) in [5, 5.41) is 2.93. The quantitative estimate of drug-likeness (QED) is 0.942. The van der Waals surface area contributed by atoms with Gasteiger partial charge in [0.05, 0.1) is 11.1 Å². The van der Waals surface area contributed by atoms with E-state index < -0.39 is 0 Å². The van der Waals surface area contributed by atoms with Crippen LogP contribution in [0, 0.1) is 0 Å². The van der Waals surface area contributed by atoms with Crippen LogP contribution in [0.25, 0.3) is 0 Å². The average Bonchev–Trinajstić information content (AvgIpc) is 3.44. The minimum atomic E-state index is -0.149. The van der Waals surface area contributed by atoms with Crippen molar-refractivity contribution in [2.45, 2.75) is 31.8 Å². The van der Waals surface area contributed by atoms with Crippen molar-refractivity contribution in [3.63, 3.8) is 0 Å². The number of nitrogens with zero attached hydrogens (tertiary/aromatic N) is 2. The Kier molecular flexibility index (Phi) is 3.76. The fraction of sp³-hybridized carbons (Fsp3) is 0.316. The first kappa shape index (κ1) is 14.9. The summed E-state index contributed by atoms with van der Waals surface area (Å²) in [4.78, 5) is 30.8. The SMILES string of the molecule is O=C(NC1CC1)c1cncc(C(=O)N2CCc3ccccc3C2)c1. The Balaban J connectivity index is 1.51. The van der Waals surface area contributed by atoms with E-state index in [0.717, 1.165) is 19.3 Å². The van der Waals surface area contributed by atoms with Crippen LogP contribution >= 0.6 is 0 Å². The van der Waals surface area contributed by atoms with E-state index in [9.17, 15) is 9.59 Å². The zero-order valence-electron chi connectivity index (χ0n) is 13.4. The fourth-order valence-corrected chi connectivity index (χ4v) is 3.03. The molecule has 1 aromatic heterocycles. The summed E-state index contributed by atoms with van der Waals surface area (Å²) in [5.41, 5.74) is 3.41. The molecule has 0 atom stereocenters. The predicted octanol–water partition coefficient (Wildman–Crippen LogP) is 2.17. The molecule has 5 nitrogen and oxygen atoms in total. The lowest BCUT2D eigenvalue weighted by atomic mass is 9.99. The molecule has 1 N–H and O–H groups in total. The van der Waals surface area contributed by atoms with Crippen LogP contribution in [0.2, 0.25) is 0 Å². The molecule has 0 bridgehead atoms. The summed E-state index contributed by atoms with van der Waals surface area (Å²) in [6, 6.07) is 10.1. The Morgan fingerprint density at radius 1 is 1.08 bits per heavy atom. The second-order valence-electron chi connectivity index (χ2n) is 6.46. The van der Waals surface area contributed by atoms with Gasteiger partial charge in [-0.05, 0) is 36.5 Å². The number of amides is 2. The molecule has 1 aliphatic carbocycles.